The van der Waals surface area contributed by atoms with E-state index in [1.165, 1.54) is 35.0 Å². The fourth-order valence-electron chi connectivity index (χ4n) is 9.01. The number of fused-ring (bicyclic) bond motifs is 3. The maximum absolute atomic E-state index is 15.4. The molecule has 0 bridgehead atoms. The molecule has 2 aliphatic carbocycles. The molecular weight excluding hydrogens is 766 g/mol. The molecule has 2 aromatic rings. The lowest BCUT2D eigenvalue weighted by atomic mass is 9.51. The molecule has 0 aromatic heterocycles. The van der Waals surface area contributed by atoms with Gasteiger partial charge in [-0.1, -0.05) is 48.5 Å². The zero-order chi connectivity index (χ0) is 43.7. The predicted molar refractivity (Wildman–Crippen MR) is 211 cm³/mol. The molecule has 1 amide bonds. The molecule has 15 heteroatoms. The lowest BCUT2D eigenvalue weighted by Gasteiger charge is -2.63. The predicted octanol–water partition coefficient (Wildman–Crippen LogP) is 4.57. The summed E-state index contributed by atoms with van der Waals surface area (Å²) in [5.41, 5.74) is -5.17. The second kappa shape index (κ2) is 17.5. The van der Waals surface area contributed by atoms with E-state index in [2.05, 4.69) is 5.32 Å². The van der Waals surface area contributed by atoms with Crippen molar-refractivity contribution in [2.75, 3.05) is 20.8 Å². The van der Waals surface area contributed by atoms with Crippen molar-refractivity contribution in [3.63, 3.8) is 0 Å². The third-order valence-electron chi connectivity index (χ3n) is 11.5. The van der Waals surface area contributed by atoms with Crippen molar-refractivity contribution in [3.8, 4) is 0 Å². The molecule has 0 unspecified atom stereocenters. The van der Waals surface area contributed by atoms with Crippen molar-refractivity contribution >= 4 is 29.8 Å². The third kappa shape index (κ3) is 9.24. The summed E-state index contributed by atoms with van der Waals surface area (Å²) in [6.07, 6.45) is -9.22. The van der Waals surface area contributed by atoms with Gasteiger partial charge in [-0.15, -0.1) is 0 Å². The number of nitrogens with one attached hydrogen (secondary N) is 1. The number of methoxy groups -OCH3 is 2. The molecule has 1 saturated heterocycles. The molecule has 1 aliphatic heterocycles. The summed E-state index contributed by atoms with van der Waals surface area (Å²) in [5.74, 6) is -4.46. The van der Waals surface area contributed by atoms with Crippen LogP contribution in [0.15, 0.2) is 71.8 Å². The summed E-state index contributed by atoms with van der Waals surface area (Å²) in [5, 5.41) is 26.2. The zero-order valence-corrected chi connectivity index (χ0v) is 35.3. The van der Waals surface area contributed by atoms with Crippen LogP contribution in [0.1, 0.15) is 90.2 Å². The van der Waals surface area contributed by atoms with Crippen LogP contribution in [-0.2, 0) is 47.5 Å². The average molecular weight is 824 g/mol. The van der Waals surface area contributed by atoms with Crippen LogP contribution in [0.3, 0.4) is 0 Å². The zero-order valence-electron chi connectivity index (χ0n) is 35.3. The topological polar surface area (TPSA) is 202 Å². The van der Waals surface area contributed by atoms with E-state index in [9.17, 15) is 29.4 Å². The highest BCUT2D eigenvalue weighted by atomic mass is 16.6. The van der Waals surface area contributed by atoms with Gasteiger partial charge < -0.3 is 48.7 Å². The number of hydrogen-bond acceptors (Lipinski definition) is 14. The number of aliphatic hydroxyl groups is 2. The Morgan fingerprint density at radius 3 is 2.03 bits per heavy atom. The number of ether oxygens (including phenoxy) is 7. The summed E-state index contributed by atoms with van der Waals surface area (Å²) >= 11 is 0. The van der Waals surface area contributed by atoms with Crippen LogP contribution in [0.4, 0.5) is 4.79 Å². The van der Waals surface area contributed by atoms with Gasteiger partial charge in [0.25, 0.3) is 0 Å². The Morgan fingerprint density at radius 1 is 0.915 bits per heavy atom. The first kappa shape index (κ1) is 45.4. The molecule has 0 radical (unpaired) electrons. The van der Waals surface area contributed by atoms with E-state index in [1.54, 1.807) is 95.3 Å². The SMILES string of the molecule is CO[C@H]1C[C@H]2OC[C@@]2(OC(C)=O)[C@H]2[C@H](OC(=O)c3ccccc3)C[C@H](OC(=O)[C@H](O)[C@@H](NC(=O)OC(C)(C)C)c3ccccc3)/C(C)=C(\C(C)(C)O)[C@@H](OC)C(=O)[C@]12C. The number of carbonyl (C=O) groups excluding carboxylic acids is 5. The first-order valence-corrected chi connectivity index (χ1v) is 19.6. The Balaban J connectivity index is 1.71. The fourth-order valence-corrected chi connectivity index (χ4v) is 9.01. The van der Waals surface area contributed by atoms with E-state index < -0.39 is 101 Å². The van der Waals surface area contributed by atoms with Crippen LogP contribution < -0.4 is 5.32 Å². The monoisotopic (exact) mass is 823 g/mol. The van der Waals surface area contributed by atoms with Gasteiger partial charge in [-0.05, 0) is 77.3 Å². The molecule has 1 saturated carbocycles. The first-order valence-electron chi connectivity index (χ1n) is 19.6. The van der Waals surface area contributed by atoms with Gasteiger partial charge in [0, 0.05) is 34.0 Å². The normalized spacial score (nSPS) is 30.7. The molecule has 59 heavy (non-hydrogen) atoms. The maximum atomic E-state index is 15.4. The number of carbonyl (C=O) groups is 5. The Labute approximate surface area is 344 Å². The number of rotatable bonds is 11. The first-order chi connectivity index (χ1) is 27.6. The standard InChI is InChI=1S/C44H57NO14/c1-24-28(56-39(50)34(47)33(26-17-13-11-14-18-26)45-40(51)59-41(3,4)5)21-29(57-38(49)27-19-15-12-16-20-27)36-43(8,37(48)35(54-10)32(24)42(6,7)52)30(53-9)22-31-44(36,23-55-31)58-25(2)46/h11-20,28-31,33-36,47,52H,21-23H2,1-10H3,(H,45,51)/b32-24-/t28-,29+,30-,31+,33-,34+,35+,36-,43+,44-/m0/s1. The number of aliphatic hydroxyl groups excluding tert-OH is 1. The van der Waals surface area contributed by atoms with Crippen molar-refractivity contribution < 1.29 is 67.3 Å². The van der Waals surface area contributed by atoms with Crippen molar-refractivity contribution in [2.45, 2.75) is 128 Å². The minimum absolute atomic E-state index is 0.0437. The molecule has 1 heterocycles. The van der Waals surface area contributed by atoms with Crippen LogP contribution in [0.5, 0.6) is 0 Å². The second-order valence-corrected chi connectivity index (χ2v) is 17.2. The van der Waals surface area contributed by atoms with E-state index in [4.69, 9.17) is 33.2 Å². The molecule has 2 aromatic carbocycles. The van der Waals surface area contributed by atoms with Crippen molar-refractivity contribution in [3.05, 3.63) is 82.9 Å². The van der Waals surface area contributed by atoms with Crippen molar-refractivity contribution in [1.29, 1.82) is 0 Å². The van der Waals surface area contributed by atoms with Crippen LogP contribution in [-0.4, -0.2) is 114 Å². The van der Waals surface area contributed by atoms with Crippen molar-refractivity contribution in [1.82, 2.24) is 5.32 Å². The summed E-state index contributed by atoms with van der Waals surface area (Å²) in [7, 11) is 2.72. The van der Waals surface area contributed by atoms with E-state index in [-0.39, 0.29) is 36.2 Å². The average Bonchev–Trinajstić information content (AvgIpc) is 3.18. The largest absolute Gasteiger partial charge is 0.458 e. The van der Waals surface area contributed by atoms with Gasteiger partial charge in [0.05, 0.1) is 41.3 Å². The van der Waals surface area contributed by atoms with Crippen LogP contribution in [0.2, 0.25) is 0 Å². The van der Waals surface area contributed by atoms with Gasteiger partial charge in [-0.3, -0.25) is 9.59 Å². The van der Waals surface area contributed by atoms with Gasteiger partial charge >= 0.3 is 24.0 Å². The molecule has 3 N–H and O–H groups in total. The van der Waals surface area contributed by atoms with Gasteiger partial charge in [0.2, 0.25) is 0 Å². The number of benzene rings is 2. The number of ketones is 1. The van der Waals surface area contributed by atoms with E-state index in [0.29, 0.717) is 5.56 Å². The van der Waals surface area contributed by atoms with Gasteiger partial charge in [-0.2, -0.15) is 0 Å². The molecule has 322 valence electrons. The Kier molecular flexibility index (Phi) is 13.5. The van der Waals surface area contributed by atoms with Gasteiger partial charge in [-0.25, -0.2) is 14.4 Å². The summed E-state index contributed by atoms with van der Waals surface area (Å²) in [6, 6.07) is 15.0. The molecule has 10 atom stereocenters. The summed E-state index contributed by atoms with van der Waals surface area (Å²) in [6.45, 7) is 12.1. The van der Waals surface area contributed by atoms with Crippen molar-refractivity contribution in [2.24, 2.45) is 11.3 Å². The minimum Gasteiger partial charge on any atom is -0.458 e. The second-order valence-electron chi connectivity index (χ2n) is 17.2. The van der Waals surface area contributed by atoms with Gasteiger partial charge in [0.15, 0.2) is 17.5 Å². The fraction of sp³-hybridized carbons (Fsp3) is 0.568. The Morgan fingerprint density at radius 2 is 1.53 bits per heavy atom. The lowest BCUT2D eigenvalue weighted by molar-refractivity contribution is -0.332. The van der Waals surface area contributed by atoms with Crippen LogP contribution in [0.25, 0.3) is 0 Å². The molecule has 3 aliphatic rings. The number of esters is 3. The molecule has 5 rings (SSSR count). The minimum atomic E-state index is -2.03. The summed E-state index contributed by atoms with van der Waals surface area (Å²) in [4.78, 5) is 69.9. The highest BCUT2D eigenvalue weighted by Gasteiger charge is 2.73. The highest BCUT2D eigenvalue weighted by molar-refractivity contribution is 5.94. The van der Waals surface area contributed by atoms with E-state index in [0.717, 1.165) is 0 Å². The highest BCUT2D eigenvalue weighted by Crippen LogP contribution is 2.59. The molecule has 2 fully saturated rings. The van der Waals surface area contributed by atoms with Crippen LogP contribution >= 0.6 is 0 Å². The molecule has 15 nitrogen and oxygen atoms in total. The molecule has 0 spiro atoms. The van der Waals surface area contributed by atoms with E-state index in [1.807, 2.05) is 0 Å². The lowest BCUT2D eigenvalue weighted by Crippen LogP contribution is -2.77. The smallest absolute Gasteiger partial charge is 0.408 e. The quantitative estimate of drug-likeness (QED) is 0.162. The Hall–Kier alpha value is -4.67. The third-order valence-corrected chi connectivity index (χ3v) is 11.5. The number of amides is 1. The van der Waals surface area contributed by atoms with Gasteiger partial charge in [0.1, 0.15) is 30.0 Å². The number of hydrogen-bond donors (Lipinski definition) is 3. The Bertz CT molecular complexity index is 1900. The van der Waals surface area contributed by atoms with E-state index >= 15 is 4.79 Å². The summed E-state index contributed by atoms with van der Waals surface area (Å²) < 4.78 is 42.1. The molecular formula is C44H57NO14. The number of alkyl carbamates (subject to hydrolysis) is 1. The van der Waals surface area contributed by atoms with Crippen LogP contribution in [0, 0.1) is 11.3 Å². The maximum Gasteiger partial charge on any atom is 0.408 e. The number of Topliss-reactive ketones (excluding diaryl/α,β-unsaturated/α-hetero) is 1.